The molecule has 5 rings (SSSR count). The molecule has 192 valence electrons. The number of ether oxygens (including phenoxy) is 2. The topological polar surface area (TPSA) is 60.8 Å². The fourth-order valence-corrected chi connectivity index (χ4v) is 6.62. The van der Waals surface area contributed by atoms with E-state index < -0.39 is 10.0 Å². The minimum atomic E-state index is -3.67. The van der Waals surface area contributed by atoms with Gasteiger partial charge >= 0.3 is 0 Å². The fourth-order valence-electron chi connectivity index (χ4n) is 5.22. The van der Waals surface area contributed by atoms with Crippen LogP contribution in [0.2, 0.25) is 0 Å². The third-order valence-electron chi connectivity index (χ3n) is 7.31. The summed E-state index contributed by atoms with van der Waals surface area (Å²) in [6.45, 7) is 5.85. The Morgan fingerprint density at radius 2 is 1.62 bits per heavy atom. The highest BCUT2D eigenvalue weighted by molar-refractivity contribution is 7.89. The number of fused-ring (bicyclic) bond motifs is 1. The molecule has 0 radical (unpaired) electrons. The van der Waals surface area contributed by atoms with Crippen LogP contribution in [0.3, 0.4) is 0 Å². The van der Waals surface area contributed by atoms with Crippen LogP contribution in [-0.2, 0) is 16.6 Å². The van der Waals surface area contributed by atoms with Crippen LogP contribution in [0.1, 0.15) is 28.8 Å². The van der Waals surface area contributed by atoms with Crippen LogP contribution in [0.5, 0.6) is 11.5 Å². The van der Waals surface area contributed by atoms with E-state index in [1.807, 2.05) is 0 Å². The van der Waals surface area contributed by atoms with Gasteiger partial charge in [-0.15, -0.1) is 0 Å². The molecule has 0 bridgehead atoms. The van der Waals surface area contributed by atoms with Gasteiger partial charge in [0.2, 0.25) is 10.0 Å². The van der Waals surface area contributed by atoms with Gasteiger partial charge < -0.3 is 14.0 Å². The normalized spacial score (nSPS) is 14.5. The van der Waals surface area contributed by atoms with E-state index >= 15 is 0 Å². The molecule has 0 saturated heterocycles. The maximum atomic E-state index is 13.4. The molecular weight excluding hydrogens is 484 g/mol. The van der Waals surface area contributed by atoms with Gasteiger partial charge in [-0.05, 0) is 55.2 Å². The van der Waals surface area contributed by atoms with Gasteiger partial charge in [-0.3, -0.25) is 0 Å². The number of hydrogen-bond donors (Lipinski definition) is 0. The van der Waals surface area contributed by atoms with Gasteiger partial charge in [0, 0.05) is 47.9 Å². The number of para-hydroxylation sites is 1. The first kappa shape index (κ1) is 25.1. The number of benzene rings is 3. The molecule has 0 aliphatic carbocycles. The van der Waals surface area contributed by atoms with E-state index in [0.717, 1.165) is 6.54 Å². The second kappa shape index (κ2) is 10.1. The molecule has 0 spiro atoms. The number of hydrogen-bond acceptors (Lipinski definition) is 4. The summed E-state index contributed by atoms with van der Waals surface area (Å²) < 4.78 is 41.3. The highest BCUT2D eigenvalue weighted by atomic mass is 32.2. The number of rotatable bonds is 7. The Bertz CT molecular complexity index is 1600. The van der Waals surface area contributed by atoms with Gasteiger partial charge in [0.05, 0.1) is 19.1 Å². The van der Waals surface area contributed by atoms with Gasteiger partial charge in [0.15, 0.2) is 11.5 Å². The summed E-state index contributed by atoms with van der Waals surface area (Å²) in [5, 5.41) is 1.20. The van der Waals surface area contributed by atoms with Crippen molar-refractivity contribution in [3.05, 3.63) is 95.2 Å². The quantitative estimate of drug-likeness (QED) is 0.311. The van der Waals surface area contributed by atoms with Crippen molar-refractivity contribution in [3.63, 3.8) is 0 Å². The van der Waals surface area contributed by atoms with Crippen molar-refractivity contribution in [1.82, 2.24) is 8.87 Å². The predicted molar refractivity (Wildman–Crippen MR) is 148 cm³/mol. The second-order valence-electron chi connectivity index (χ2n) is 9.35. The predicted octanol–water partition coefficient (Wildman–Crippen LogP) is 5.80. The van der Waals surface area contributed by atoms with E-state index in [1.54, 1.807) is 12.1 Å². The zero-order valence-electron chi connectivity index (χ0n) is 21.7. The van der Waals surface area contributed by atoms with Gasteiger partial charge in [-0.1, -0.05) is 48.5 Å². The minimum Gasteiger partial charge on any atom is -0.493 e. The third-order valence-corrected chi connectivity index (χ3v) is 9.17. The number of methoxy groups -OCH3 is 2. The van der Waals surface area contributed by atoms with Crippen molar-refractivity contribution in [2.24, 2.45) is 0 Å². The molecule has 6 nitrogen and oxygen atoms in total. The van der Waals surface area contributed by atoms with Gasteiger partial charge in [-0.25, -0.2) is 8.42 Å². The molecule has 0 unspecified atom stereocenters. The third kappa shape index (κ3) is 4.54. The first-order chi connectivity index (χ1) is 17.8. The largest absolute Gasteiger partial charge is 0.493 e. The van der Waals surface area contributed by atoms with Crippen LogP contribution in [0.15, 0.2) is 77.7 Å². The number of aromatic nitrogens is 1. The molecule has 0 fully saturated rings. The monoisotopic (exact) mass is 516 g/mol. The summed E-state index contributed by atoms with van der Waals surface area (Å²) in [6, 6.07) is 21.7. The summed E-state index contributed by atoms with van der Waals surface area (Å²) in [4.78, 5) is 0.202. The lowest BCUT2D eigenvalue weighted by Gasteiger charge is -2.26. The van der Waals surface area contributed by atoms with Crippen LogP contribution in [0.25, 0.3) is 16.5 Å². The first-order valence-electron chi connectivity index (χ1n) is 12.4. The lowest BCUT2D eigenvalue weighted by molar-refractivity contribution is 0.353. The summed E-state index contributed by atoms with van der Waals surface area (Å²) in [5.74, 6) is 0.897. The average molecular weight is 517 g/mol. The van der Waals surface area contributed by atoms with Gasteiger partial charge in [0.25, 0.3) is 0 Å². The summed E-state index contributed by atoms with van der Waals surface area (Å²) in [6.07, 6.45) is 2.71. The highest BCUT2D eigenvalue weighted by Gasteiger charge is 2.29. The molecule has 1 aliphatic rings. The minimum absolute atomic E-state index is 0.202. The van der Waals surface area contributed by atoms with E-state index in [4.69, 9.17) is 9.47 Å². The Morgan fingerprint density at radius 1 is 0.892 bits per heavy atom. The van der Waals surface area contributed by atoms with Crippen molar-refractivity contribution < 1.29 is 17.9 Å². The van der Waals surface area contributed by atoms with Crippen molar-refractivity contribution in [3.8, 4) is 11.5 Å². The Labute approximate surface area is 218 Å². The van der Waals surface area contributed by atoms with Crippen LogP contribution >= 0.6 is 0 Å². The SMILES string of the molecule is COc1ccc(S(=O)(=O)N2CC=C(c3c(C)n(Cc4ccccc4C)c4ccccc34)CC2)cc1OC. The highest BCUT2D eigenvalue weighted by Crippen LogP contribution is 2.37. The molecule has 3 aromatic carbocycles. The van der Waals surface area contributed by atoms with Crippen LogP contribution in [0.4, 0.5) is 0 Å². The van der Waals surface area contributed by atoms with Crippen molar-refractivity contribution >= 4 is 26.5 Å². The summed E-state index contributed by atoms with van der Waals surface area (Å²) in [5.41, 5.74) is 7.37. The molecule has 4 aromatic rings. The Morgan fingerprint density at radius 3 is 2.32 bits per heavy atom. The van der Waals surface area contributed by atoms with E-state index in [1.165, 1.54) is 63.5 Å². The van der Waals surface area contributed by atoms with Crippen molar-refractivity contribution in [1.29, 1.82) is 0 Å². The molecule has 0 amide bonds. The number of sulfonamides is 1. The average Bonchev–Trinajstić information content (AvgIpc) is 3.20. The molecule has 0 saturated carbocycles. The summed E-state index contributed by atoms with van der Waals surface area (Å²) in [7, 11) is -0.637. The smallest absolute Gasteiger partial charge is 0.243 e. The van der Waals surface area contributed by atoms with Crippen LogP contribution < -0.4 is 9.47 Å². The molecule has 0 N–H and O–H groups in total. The van der Waals surface area contributed by atoms with E-state index in [0.29, 0.717) is 31.0 Å². The number of nitrogens with zero attached hydrogens (tertiary/aromatic N) is 2. The Balaban J connectivity index is 1.47. The maximum Gasteiger partial charge on any atom is 0.243 e. The second-order valence-corrected chi connectivity index (χ2v) is 11.3. The van der Waals surface area contributed by atoms with Crippen molar-refractivity contribution in [2.75, 3.05) is 27.3 Å². The zero-order chi connectivity index (χ0) is 26.2. The molecule has 1 aromatic heterocycles. The molecular formula is C30H32N2O4S. The molecule has 37 heavy (non-hydrogen) atoms. The zero-order valence-corrected chi connectivity index (χ0v) is 22.5. The van der Waals surface area contributed by atoms with Crippen LogP contribution in [-0.4, -0.2) is 44.6 Å². The number of aryl methyl sites for hydroxylation is 1. The fraction of sp³-hybridized carbons (Fsp3) is 0.267. The van der Waals surface area contributed by atoms with E-state index in [2.05, 4.69) is 73.0 Å². The van der Waals surface area contributed by atoms with Crippen molar-refractivity contribution in [2.45, 2.75) is 31.7 Å². The Kier molecular flexibility index (Phi) is 6.84. The lowest BCUT2D eigenvalue weighted by atomic mass is 9.97. The van der Waals surface area contributed by atoms with E-state index in [-0.39, 0.29) is 4.90 Å². The molecule has 0 atom stereocenters. The standard InChI is InChI=1S/C30H32N2O4S/c1-21-9-5-6-10-24(21)20-32-22(2)30(26-11-7-8-12-27(26)32)23-15-17-31(18-16-23)37(33,34)25-13-14-28(35-3)29(19-25)36-4/h5-15,19H,16-18,20H2,1-4H3. The van der Waals surface area contributed by atoms with E-state index in [9.17, 15) is 8.42 Å². The molecule has 1 aliphatic heterocycles. The van der Waals surface area contributed by atoms with Gasteiger partial charge in [-0.2, -0.15) is 4.31 Å². The molecule has 2 heterocycles. The summed E-state index contributed by atoms with van der Waals surface area (Å²) >= 11 is 0. The Hall–Kier alpha value is -3.55. The van der Waals surface area contributed by atoms with Crippen LogP contribution in [0, 0.1) is 13.8 Å². The maximum absolute atomic E-state index is 13.4. The van der Waals surface area contributed by atoms with Gasteiger partial charge in [0.1, 0.15) is 0 Å². The first-order valence-corrected chi connectivity index (χ1v) is 13.8. The lowest BCUT2D eigenvalue weighted by Crippen LogP contribution is -2.34. The molecule has 7 heteroatoms.